The number of fused-ring (bicyclic) bond motifs is 3. The van der Waals surface area contributed by atoms with Gasteiger partial charge in [-0.1, -0.05) is 15.9 Å². The van der Waals surface area contributed by atoms with Crippen LogP contribution in [0.15, 0.2) is 0 Å². The van der Waals surface area contributed by atoms with Crippen LogP contribution in [-0.2, 0) is 24.3 Å². The van der Waals surface area contributed by atoms with E-state index in [2.05, 4.69) is 21.0 Å². The molecule has 1 aromatic rings. The van der Waals surface area contributed by atoms with Crippen LogP contribution in [0.2, 0.25) is 0 Å². The van der Waals surface area contributed by atoms with Gasteiger partial charge in [-0.3, -0.25) is 14.3 Å². The third kappa shape index (κ3) is 2.12. The molecular formula is C13H16BrN3O2. The van der Waals surface area contributed by atoms with Crippen molar-refractivity contribution in [3.8, 4) is 0 Å². The second-order valence-electron chi connectivity index (χ2n) is 5.16. The second-order valence-corrected chi connectivity index (χ2v) is 6.27. The number of halogens is 1. The molecule has 0 spiro atoms. The molecule has 2 aliphatic rings. The van der Waals surface area contributed by atoms with E-state index in [1.165, 1.54) is 0 Å². The number of rotatable bonds is 0. The highest BCUT2D eigenvalue weighted by atomic mass is 79.9. The van der Waals surface area contributed by atoms with Gasteiger partial charge in [0.2, 0.25) is 5.91 Å². The molecule has 19 heavy (non-hydrogen) atoms. The van der Waals surface area contributed by atoms with Crippen LogP contribution in [0.5, 0.6) is 0 Å². The van der Waals surface area contributed by atoms with E-state index in [0.29, 0.717) is 18.8 Å². The lowest BCUT2D eigenvalue weighted by molar-refractivity contribution is -0.129. The van der Waals surface area contributed by atoms with Gasteiger partial charge in [0, 0.05) is 38.5 Å². The Balaban J connectivity index is 2.04. The Labute approximate surface area is 120 Å². The Bertz CT molecular complexity index is 552. The summed E-state index contributed by atoms with van der Waals surface area (Å²) in [6.07, 6.45) is 2.54. The smallest absolute Gasteiger partial charge is 0.219 e. The molecule has 3 rings (SSSR count). The first kappa shape index (κ1) is 12.8. The van der Waals surface area contributed by atoms with Gasteiger partial charge in [-0.2, -0.15) is 5.10 Å². The summed E-state index contributed by atoms with van der Waals surface area (Å²) < 4.78 is 1.85. The highest BCUT2D eigenvalue weighted by Gasteiger charge is 2.32. The van der Waals surface area contributed by atoms with Crippen LogP contribution in [-0.4, -0.2) is 37.7 Å². The van der Waals surface area contributed by atoms with Crippen LogP contribution in [0.25, 0.3) is 0 Å². The minimum Gasteiger partial charge on any atom is -0.338 e. The van der Waals surface area contributed by atoms with Gasteiger partial charge in [-0.25, -0.2) is 0 Å². The number of nitrogens with zero attached hydrogens (tertiary/aromatic N) is 3. The van der Waals surface area contributed by atoms with Crippen molar-refractivity contribution in [2.45, 2.75) is 44.1 Å². The molecule has 1 aromatic heterocycles. The maximum absolute atomic E-state index is 12.4. The van der Waals surface area contributed by atoms with E-state index in [4.69, 9.17) is 0 Å². The summed E-state index contributed by atoms with van der Waals surface area (Å²) in [5, 5.41) is 4.57. The number of carbonyl (C=O) groups is 2. The molecule has 0 aromatic carbocycles. The van der Waals surface area contributed by atoms with Gasteiger partial charge in [-0.15, -0.1) is 0 Å². The quantitative estimate of drug-likeness (QED) is 0.680. The number of hydrogen-bond acceptors (Lipinski definition) is 3. The first-order valence-electron chi connectivity index (χ1n) is 6.60. The van der Waals surface area contributed by atoms with E-state index in [0.717, 1.165) is 37.1 Å². The Morgan fingerprint density at radius 2 is 2.21 bits per heavy atom. The number of amides is 1. The van der Waals surface area contributed by atoms with E-state index in [1.54, 1.807) is 11.8 Å². The van der Waals surface area contributed by atoms with E-state index in [1.807, 2.05) is 4.68 Å². The number of carbonyl (C=O) groups excluding carboxylic acids is 2. The molecule has 0 radical (unpaired) electrons. The molecule has 1 amide bonds. The van der Waals surface area contributed by atoms with Crippen molar-refractivity contribution in [3.05, 3.63) is 17.0 Å². The van der Waals surface area contributed by atoms with Crippen molar-refractivity contribution < 1.29 is 9.59 Å². The summed E-state index contributed by atoms with van der Waals surface area (Å²) in [6.45, 7) is 3.58. The van der Waals surface area contributed by atoms with Crippen LogP contribution in [0, 0.1) is 0 Å². The maximum atomic E-state index is 12.4. The first-order valence-corrected chi connectivity index (χ1v) is 7.52. The van der Waals surface area contributed by atoms with Crippen LogP contribution in [0.3, 0.4) is 0 Å². The average Bonchev–Trinajstić information content (AvgIpc) is 2.68. The van der Waals surface area contributed by atoms with Gasteiger partial charge in [-0.05, 0) is 12.8 Å². The minimum absolute atomic E-state index is 0.0575. The van der Waals surface area contributed by atoms with Crippen LogP contribution in [0.4, 0.5) is 0 Å². The largest absolute Gasteiger partial charge is 0.338 e. The summed E-state index contributed by atoms with van der Waals surface area (Å²) in [7, 11) is 0. The Kier molecular flexibility index (Phi) is 3.20. The zero-order chi connectivity index (χ0) is 13.6. The average molecular weight is 326 g/mol. The monoisotopic (exact) mass is 325 g/mol. The molecule has 102 valence electrons. The molecule has 3 heterocycles. The van der Waals surface area contributed by atoms with E-state index in [-0.39, 0.29) is 16.5 Å². The van der Waals surface area contributed by atoms with Crippen LogP contribution < -0.4 is 0 Å². The van der Waals surface area contributed by atoms with E-state index < -0.39 is 0 Å². The SMILES string of the molecule is CC(=O)N1CCc2nn3c(c2C1)C(=O)C(Br)CCC3. The van der Waals surface area contributed by atoms with Gasteiger partial charge in [0.25, 0.3) is 0 Å². The topological polar surface area (TPSA) is 55.2 Å². The van der Waals surface area contributed by atoms with Crippen molar-refractivity contribution in [1.82, 2.24) is 14.7 Å². The molecular weight excluding hydrogens is 310 g/mol. The summed E-state index contributed by atoms with van der Waals surface area (Å²) in [5.41, 5.74) is 2.65. The van der Waals surface area contributed by atoms with Gasteiger partial charge in [0.05, 0.1) is 10.5 Å². The zero-order valence-electron chi connectivity index (χ0n) is 10.9. The molecule has 0 N–H and O–H groups in total. The molecule has 0 saturated heterocycles. The third-order valence-electron chi connectivity index (χ3n) is 3.89. The second kappa shape index (κ2) is 4.74. The third-order valence-corrected chi connectivity index (χ3v) is 4.77. The molecule has 1 atom stereocenters. The number of ketones is 1. The van der Waals surface area contributed by atoms with Crippen molar-refractivity contribution in [2.24, 2.45) is 0 Å². The number of Topliss-reactive ketones (excluding diaryl/α,β-unsaturated/α-hetero) is 1. The zero-order valence-corrected chi connectivity index (χ0v) is 12.4. The maximum Gasteiger partial charge on any atom is 0.219 e. The van der Waals surface area contributed by atoms with Gasteiger partial charge in [0.1, 0.15) is 5.69 Å². The molecule has 1 unspecified atom stereocenters. The van der Waals surface area contributed by atoms with E-state index in [9.17, 15) is 9.59 Å². The fourth-order valence-corrected chi connectivity index (χ4v) is 3.37. The van der Waals surface area contributed by atoms with Crippen molar-refractivity contribution in [2.75, 3.05) is 6.54 Å². The lowest BCUT2D eigenvalue weighted by atomic mass is 10.0. The standard InChI is InChI=1S/C13H16BrN3O2/c1-8(18)16-6-4-11-9(7-16)12-13(19)10(14)3-2-5-17(12)15-11/h10H,2-7H2,1H3. The predicted octanol–water partition coefficient (Wildman–Crippen LogP) is 1.53. The van der Waals surface area contributed by atoms with Crippen molar-refractivity contribution >= 4 is 27.6 Å². The fourth-order valence-electron chi connectivity index (χ4n) is 2.83. The lowest BCUT2D eigenvalue weighted by Gasteiger charge is -2.25. The fraction of sp³-hybridized carbons (Fsp3) is 0.615. The molecule has 0 aliphatic carbocycles. The van der Waals surface area contributed by atoms with Crippen LogP contribution >= 0.6 is 15.9 Å². The Hall–Kier alpha value is -1.17. The van der Waals surface area contributed by atoms with Gasteiger partial charge < -0.3 is 4.90 Å². The summed E-state index contributed by atoms with van der Waals surface area (Å²) >= 11 is 3.46. The summed E-state index contributed by atoms with van der Waals surface area (Å²) in [4.78, 5) is 25.6. The Morgan fingerprint density at radius 3 is 2.95 bits per heavy atom. The number of aryl methyl sites for hydroxylation is 1. The van der Waals surface area contributed by atoms with Crippen molar-refractivity contribution in [1.29, 1.82) is 0 Å². The molecule has 2 aliphatic heterocycles. The summed E-state index contributed by atoms with van der Waals surface area (Å²) in [5.74, 6) is 0.165. The van der Waals surface area contributed by atoms with Gasteiger partial charge in [0.15, 0.2) is 5.78 Å². The highest BCUT2D eigenvalue weighted by Crippen LogP contribution is 2.28. The Morgan fingerprint density at radius 1 is 1.42 bits per heavy atom. The lowest BCUT2D eigenvalue weighted by Crippen LogP contribution is -2.34. The van der Waals surface area contributed by atoms with Gasteiger partial charge >= 0.3 is 0 Å². The summed E-state index contributed by atoms with van der Waals surface area (Å²) in [6, 6.07) is 0. The first-order chi connectivity index (χ1) is 9.08. The molecule has 6 heteroatoms. The molecule has 0 fully saturated rings. The highest BCUT2D eigenvalue weighted by molar-refractivity contribution is 9.10. The number of alkyl halides is 1. The van der Waals surface area contributed by atoms with Crippen molar-refractivity contribution in [3.63, 3.8) is 0 Å². The molecule has 5 nitrogen and oxygen atoms in total. The molecule has 0 bridgehead atoms. The number of aromatic nitrogens is 2. The molecule has 0 saturated carbocycles. The number of hydrogen-bond donors (Lipinski definition) is 0. The van der Waals surface area contributed by atoms with E-state index >= 15 is 0 Å². The minimum atomic E-state index is -0.123. The normalized spacial score (nSPS) is 22.7. The van der Waals surface area contributed by atoms with Crippen LogP contribution in [0.1, 0.15) is 41.5 Å². The predicted molar refractivity (Wildman–Crippen MR) is 73.3 cm³/mol.